The number of carboxylic acids is 1. The Morgan fingerprint density at radius 3 is 2.77 bits per heavy atom. The van der Waals surface area contributed by atoms with E-state index in [1.165, 1.54) is 24.4 Å². The lowest BCUT2D eigenvalue weighted by Crippen LogP contribution is -2.40. The van der Waals surface area contributed by atoms with Gasteiger partial charge in [0, 0.05) is 13.1 Å². The third-order valence-corrected chi connectivity index (χ3v) is 6.37. The van der Waals surface area contributed by atoms with Gasteiger partial charge in [-0.1, -0.05) is 12.1 Å². The van der Waals surface area contributed by atoms with E-state index in [1.807, 2.05) is 0 Å². The molecule has 0 aliphatic carbocycles. The fourth-order valence-corrected chi connectivity index (χ4v) is 4.68. The predicted octanol–water partition coefficient (Wildman–Crippen LogP) is 2.67. The largest absolute Gasteiger partial charge is 0.478 e. The molecule has 1 aliphatic rings. The predicted molar refractivity (Wildman–Crippen MR) is 115 cm³/mol. The van der Waals surface area contributed by atoms with Crippen molar-refractivity contribution in [1.29, 1.82) is 0 Å². The van der Waals surface area contributed by atoms with Crippen molar-refractivity contribution in [3.63, 3.8) is 0 Å². The molecule has 1 unspecified atom stereocenters. The van der Waals surface area contributed by atoms with Crippen molar-refractivity contribution in [2.75, 3.05) is 29.3 Å². The number of anilines is 2. The molecule has 2 N–H and O–H groups in total. The van der Waals surface area contributed by atoms with Gasteiger partial charge in [-0.05, 0) is 50.5 Å². The Kier molecular flexibility index (Phi) is 6.79. The fourth-order valence-electron chi connectivity index (χ4n) is 3.54. The lowest BCUT2D eigenvalue weighted by atomic mass is 9.98. The van der Waals surface area contributed by atoms with Gasteiger partial charge in [-0.25, -0.2) is 18.2 Å². The van der Waals surface area contributed by atoms with Crippen LogP contribution in [0.3, 0.4) is 0 Å². The summed E-state index contributed by atoms with van der Waals surface area (Å²) in [4.78, 5) is 30.0. The lowest BCUT2D eigenvalue weighted by molar-refractivity contribution is -0.148. The number of piperidine rings is 1. The third-order valence-electron chi connectivity index (χ3n) is 4.99. The molecule has 0 spiro atoms. The quantitative estimate of drug-likeness (QED) is 0.621. The van der Waals surface area contributed by atoms with Crippen LogP contribution in [0.15, 0.2) is 41.4 Å². The first-order valence-corrected chi connectivity index (χ1v) is 11.4. The topological polar surface area (TPSA) is 126 Å². The van der Waals surface area contributed by atoms with Crippen LogP contribution in [-0.2, 0) is 19.6 Å². The molecular weight excluding hydrogens is 422 g/mol. The Hall–Kier alpha value is -3.14. The van der Waals surface area contributed by atoms with E-state index in [0.29, 0.717) is 25.9 Å². The van der Waals surface area contributed by atoms with E-state index in [4.69, 9.17) is 4.74 Å². The van der Waals surface area contributed by atoms with Crippen molar-refractivity contribution >= 4 is 33.5 Å². The number of ether oxygens (including phenoxy) is 1. The van der Waals surface area contributed by atoms with E-state index >= 15 is 0 Å². The van der Waals surface area contributed by atoms with Gasteiger partial charge in [-0.3, -0.25) is 9.52 Å². The summed E-state index contributed by atoms with van der Waals surface area (Å²) in [5.41, 5.74) is 0.680. The van der Waals surface area contributed by atoms with Crippen LogP contribution in [0.25, 0.3) is 0 Å². The summed E-state index contributed by atoms with van der Waals surface area (Å²) in [7, 11) is -3.90. The molecule has 1 aliphatic heterocycles. The summed E-state index contributed by atoms with van der Waals surface area (Å²) in [5, 5.41) is 9.70. The number of pyridine rings is 1. The number of aryl methyl sites for hydroxylation is 1. The highest BCUT2D eigenvalue weighted by Crippen LogP contribution is 2.28. The van der Waals surface area contributed by atoms with Crippen LogP contribution in [0.5, 0.6) is 0 Å². The number of aromatic nitrogens is 1. The van der Waals surface area contributed by atoms with Crippen LogP contribution in [-0.4, -0.2) is 50.1 Å². The van der Waals surface area contributed by atoms with Crippen LogP contribution in [0.1, 0.15) is 35.7 Å². The summed E-state index contributed by atoms with van der Waals surface area (Å²) >= 11 is 0. The molecule has 3 rings (SSSR count). The highest BCUT2D eigenvalue weighted by Gasteiger charge is 2.30. The second-order valence-corrected chi connectivity index (χ2v) is 9.04. The highest BCUT2D eigenvalue weighted by molar-refractivity contribution is 7.92. The smallest absolute Gasteiger partial charge is 0.339 e. The molecule has 1 atom stereocenters. The van der Waals surface area contributed by atoms with Gasteiger partial charge in [0.1, 0.15) is 11.4 Å². The van der Waals surface area contributed by atoms with Gasteiger partial charge in [0.15, 0.2) is 0 Å². The zero-order valence-electron chi connectivity index (χ0n) is 17.4. The summed E-state index contributed by atoms with van der Waals surface area (Å²) in [6.45, 7) is 4.63. The van der Waals surface area contributed by atoms with E-state index < -0.39 is 16.0 Å². The number of benzene rings is 1. The number of rotatable bonds is 7. The van der Waals surface area contributed by atoms with E-state index in [-0.39, 0.29) is 40.5 Å². The number of nitrogens with zero attached hydrogens (tertiary/aromatic N) is 2. The normalized spacial score (nSPS) is 16.6. The number of nitrogens with one attached hydrogen (secondary N) is 1. The van der Waals surface area contributed by atoms with Gasteiger partial charge in [0.25, 0.3) is 10.0 Å². The lowest BCUT2D eigenvalue weighted by Gasteiger charge is -2.33. The van der Waals surface area contributed by atoms with E-state index in [9.17, 15) is 23.1 Å². The Balaban J connectivity index is 1.86. The summed E-state index contributed by atoms with van der Waals surface area (Å²) < 4.78 is 32.8. The maximum atomic E-state index is 12.7. The average molecular weight is 448 g/mol. The standard InChI is InChI=1S/C21H25N3O6S/c1-3-30-21(27)15-7-5-9-24(13-15)19-18(20(25)26)11-16(12-22-19)23-31(28,29)17-8-4-6-14(2)10-17/h4,6,8,10-12,15,23H,3,5,7,9,13H2,1-2H3,(H,25,26). The molecule has 0 amide bonds. The van der Waals surface area contributed by atoms with Gasteiger partial charge >= 0.3 is 11.9 Å². The van der Waals surface area contributed by atoms with Crippen LogP contribution in [0, 0.1) is 12.8 Å². The van der Waals surface area contributed by atoms with Crippen LogP contribution < -0.4 is 9.62 Å². The minimum absolute atomic E-state index is 0.0432. The van der Waals surface area contributed by atoms with Crippen molar-refractivity contribution in [2.24, 2.45) is 5.92 Å². The van der Waals surface area contributed by atoms with Gasteiger partial charge in [-0.2, -0.15) is 0 Å². The molecule has 166 valence electrons. The first kappa shape index (κ1) is 22.5. The molecule has 2 aromatic rings. The van der Waals surface area contributed by atoms with Gasteiger partial charge in [-0.15, -0.1) is 0 Å². The molecule has 1 fully saturated rings. The van der Waals surface area contributed by atoms with Crippen molar-refractivity contribution < 1.29 is 27.9 Å². The second-order valence-electron chi connectivity index (χ2n) is 7.36. The molecule has 1 aromatic carbocycles. The Labute approximate surface area is 181 Å². The van der Waals surface area contributed by atoms with E-state index in [2.05, 4.69) is 9.71 Å². The Morgan fingerprint density at radius 2 is 2.10 bits per heavy atom. The summed E-state index contributed by atoms with van der Waals surface area (Å²) in [6, 6.07) is 7.63. The molecule has 0 radical (unpaired) electrons. The number of hydrogen-bond acceptors (Lipinski definition) is 7. The maximum Gasteiger partial charge on any atom is 0.339 e. The first-order chi connectivity index (χ1) is 14.7. The minimum atomic E-state index is -3.90. The van der Waals surface area contributed by atoms with Crippen molar-refractivity contribution in [1.82, 2.24) is 4.98 Å². The molecule has 1 saturated heterocycles. The fraction of sp³-hybridized carbons (Fsp3) is 0.381. The first-order valence-electron chi connectivity index (χ1n) is 9.95. The third kappa shape index (κ3) is 5.32. The molecule has 10 heteroatoms. The second kappa shape index (κ2) is 9.34. The number of aromatic carboxylic acids is 1. The van der Waals surface area contributed by atoms with E-state index in [1.54, 1.807) is 30.9 Å². The highest BCUT2D eigenvalue weighted by atomic mass is 32.2. The number of carbonyl (C=O) groups excluding carboxylic acids is 1. The average Bonchev–Trinajstić information content (AvgIpc) is 2.73. The van der Waals surface area contributed by atoms with Crippen molar-refractivity contribution in [3.8, 4) is 0 Å². The molecule has 9 nitrogen and oxygen atoms in total. The molecule has 0 bridgehead atoms. The van der Waals surface area contributed by atoms with Gasteiger partial charge < -0.3 is 14.7 Å². The number of hydrogen-bond donors (Lipinski definition) is 2. The van der Waals surface area contributed by atoms with Crippen molar-refractivity contribution in [2.45, 2.75) is 31.6 Å². The zero-order chi connectivity index (χ0) is 22.6. The Bertz CT molecular complexity index is 1090. The minimum Gasteiger partial charge on any atom is -0.478 e. The summed E-state index contributed by atoms with van der Waals surface area (Å²) in [5.74, 6) is -1.72. The molecule has 31 heavy (non-hydrogen) atoms. The SMILES string of the molecule is CCOC(=O)C1CCCN(c2ncc(NS(=O)(=O)c3cccc(C)c3)cc2C(=O)O)C1. The van der Waals surface area contributed by atoms with Gasteiger partial charge in [0.2, 0.25) is 0 Å². The van der Waals surface area contributed by atoms with Crippen LogP contribution in [0.2, 0.25) is 0 Å². The molecular formula is C21H25N3O6S. The summed E-state index contributed by atoms with van der Waals surface area (Å²) in [6.07, 6.45) is 2.63. The molecule has 1 aromatic heterocycles. The van der Waals surface area contributed by atoms with Crippen LogP contribution in [0.4, 0.5) is 11.5 Å². The Morgan fingerprint density at radius 1 is 1.32 bits per heavy atom. The maximum absolute atomic E-state index is 12.7. The molecule has 0 saturated carbocycles. The zero-order valence-corrected chi connectivity index (χ0v) is 18.2. The van der Waals surface area contributed by atoms with E-state index in [0.717, 1.165) is 5.56 Å². The number of carboxylic acid groups (broad SMARTS) is 1. The number of carbonyl (C=O) groups is 2. The monoisotopic (exact) mass is 447 g/mol. The number of esters is 1. The van der Waals surface area contributed by atoms with Gasteiger partial charge in [0.05, 0.1) is 29.3 Å². The molecule has 2 heterocycles. The van der Waals surface area contributed by atoms with Crippen LogP contribution >= 0.6 is 0 Å². The number of sulfonamides is 1. The van der Waals surface area contributed by atoms with Crippen molar-refractivity contribution in [3.05, 3.63) is 47.7 Å².